The van der Waals surface area contributed by atoms with Crippen molar-refractivity contribution >= 4 is 27.6 Å². The predicted molar refractivity (Wildman–Crippen MR) is 93.3 cm³/mol. The standard InChI is InChI=1S/C16H15ClN4O2S/c17-15-9-5-4-8-14(15)10-21-12-18-16(19-21)20-24(22,23)11-13-6-2-1-3-7-13/h1-9,12H,10-11H2,(H,19,20). The first-order valence-corrected chi connectivity index (χ1v) is 9.22. The zero-order chi connectivity index (χ0) is 17.0. The van der Waals surface area contributed by atoms with Gasteiger partial charge in [0.1, 0.15) is 6.33 Å². The highest BCUT2D eigenvalue weighted by atomic mass is 35.5. The summed E-state index contributed by atoms with van der Waals surface area (Å²) in [4.78, 5) is 3.99. The summed E-state index contributed by atoms with van der Waals surface area (Å²) in [5, 5.41) is 4.75. The van der Waals surface area contributed by atoms with Crippen molar-refractivity contribution in [1.29, 1.82) is 0 Å². The van der Waals surface area contributed by atoms with E-state index in [1.165, 1.54) is 11.0 Å². The van der Waals surface area contributed by atoms with E-state index >= 15 is 0 Å². The van der Waals surface area contributed by atoms with Gasteiger partial charge in [-0.15, -0.1) is 5.10 Å². The Labute approximate surface area is 145 Å². The summed E-state index contributed by atoms with van der Waals surface area (Å²) in [5.41, 5.74) is 1.57. The van der Waals surface area contributed by atoms with Gasteiger partial charge in [0.25, 0.3) is 5.95 Å². The molecular formula is C16H15ClN4O2S. The lowest BCUT2D eigenvalue weighted by Gasteiger charge is -2.05. The van der Waals surface area contributed by atoms with E-state index in [0.717, 1.165) is 5.56 Å². The third-order valence-electron chi connectivity index (χ3n) is 3.27. The van der Waals surface area contributed by atoms with Crippen molar-refractivity contribution in [2.24, 2.45) is 0 Å². The lowest BCUT2D eigenvalue weighted by atomic mass is 10.2. The van der Waals surface area contributed by atoms with Crippen LogP contribution in [0.4, 0.5) is 5.95 Å². The van der Waals surface area contributed by atoms with Crippen molar-refractivity contribution in [1.82, 2.24) is 14.8 Å². The van der Waals surface area contributed by atoms with Crippen LogP contribution in [-0.2, 0) is 22.3 Å². The zero-order valence-corrected chi connectivity index (χ0v) is 14.2. The van der Waals surface area contributed by atoms with Gasteiger partial charge >= 0.3 is 0 Å². The first kappa shape index (κ1) is 16.5. The van der Waals surface area contributed by atoms with Gasteiger partial charge in [0, 0.05) is 5.02 Å². The van der Waals surface area contributed by atoms with Crippen molar-refractivity contribution in [3.8, 4) is 0 Å². The van der Waals surface area contributed by atoms with E-state index in [9.17, 15) is 8.42 Å². The molecule has 1 aromatic heterocycles. The fraction of sp³-hybridized carbons (Fsp3) is 0.125. The van der Waals surface area contributed by atoms with Crippen LogP contribution >= 0.6 is 11.6 Å². The average Bonchev–Trinajstić information content (AvgIpc) is 2.96. The van der Waals surface area contributed by atoms with E-state index in [1.807, 2.05) is 24.3 Å². The number of halogens is 1. The fourth-order valence-corrected chi connectivity index (χ4v) is 3.46. The van der Waals surface area contributed by atoms with Crippen molar-refractivity contribution < 1.29 is 8.42 Å². The van der Waals surface area contributed by atoms with Gasteiger partial charge in [0.15, 0.2) is 0 Å². The number of nitrogens with zero attached hydrogens (tertiary/aromatic N) is 3. The van der Waals surface area contributed by atoms with Crippen LogP contribution in [0, 0.1) is 0 Å². The first-order valence-electron chi connectivity index (χ1n) is 7.19. The van der Waals surface area contributed by atoms with E-state index in [0.29, 0.717) is 17.1 Å². The Balaban J connectivity index is 1.68. The van der Waals surface area contributed by atoms with E-state index in [-0.39, 0.29) is 11.7 Å². The summed E-state index contributed by atoms with van der Waals surface area (Å²) in [6.45, 7) is 0.410. The maximum Gasteiger partial charge on any atom is 0.255 e. The summed E-state index contributed by atoms with van der Waals surface area (Å²) < 4.78 is 28.3. The Morgan fingerprint density at radius 2 is 1.75 bits per heavy atom. The number of benzene rings is 2. The first-order chi connectivity index (χ1) is 11.5. The van der Waals surface area contributed by atoms with Gasteiger partial charge in [-0.2, -0.15) is 4.98 Å². The molecule has 3 aromatic rings. The summed E-state index contributed by atoms with van der Waals surface area (Å²) in [6.07, 6.45) is 1.46. The molecule has 0 bridgehead atoms. The van der Waals surface area contributed by atoms with Gasteiger partial charge in [-0.3, -0.25) is 0 Å². The SMILES string of the molecule is O=S(=O)(Cc1ccccc1)Nc1ncn(Cc2ccccc2Cl)n1. The summed E-state index contributed by atoms with van der Waals surface area (Å²) in [5.74, 6) is -0.0922. The van der Waals surface area contributed by atoms with Gasteiger partial charge in [0.2, 0.25) is 10.0 Å². The Hall–Kier alpha value is -2.38. The van der Waals surface area contributed by atoms with Crippen LogP contribution in [0.5, 0.6) is 0 Å². The molecule has 3 rings (SSSR count). The maximum atomic E-state index is 12.2. The van der Waals surface area contributed by atoms with Gasteiger partial charge in [-0.05, 0) is 17.2 Å². The van der Waals surface area contributed by atoms with E-state index in [2.05, 4.69) is 14.8 Å². The molecule has 0 aliphatic heterocycles. The molecule has 0 aliphatic rings. The predicted octanol–water partition coefficient (Wildman–Crippen LogP) is 2.92. The normalized spacial score (nSPS) is 11.4. The Bertz CT molecular complexity index is 926. The number of nitrogens with one attached hydrogen (secondary N) is 1. The molecule has 0 saturated heterocycles. The Morgan fingerprint density at radius 1 is 1.04 bits per heavy atom. The highest BCUT2D eigenvalue weighted by Gasteiger charge is 2.14. The number of anilines is 1. The van der Waals surface area contributed by atoms with Crippen LogP contribution in [0.25, 0.3) is 0 Å². The highest BCUT2D eigenvalue weighted by Crippen LogP contribution is 2.16. The van der Waals surface area contributed by atoms with Crippen molar-refractivity contribution in [2.75, 3.05) is 4.72 Å². The number of sulfonamides is 1. The molecule has 6 nitrogen and oxygen atoms in total. The second-order valence-corrected chi connectivity index (χ2v) is 7.33. The van der Waals surface area contributed by atoms with Crippen LogP contribution in [0.2, 0.25) is 5.02 Å². The Kier molecular flexibility index (Phi) is 4.82. The topological polar surface area (TPSA) is 76.9 Å². The molecule has 0 amide bonds. The van der Waals surface area contributed by atoms with Gasteiger partial charge in [-0.1, -0.05) is 60.1 Å². The molecule has 1 heterocycles. The number of aromatic nitrogens is 3. The average molecular weight is 363 g/mol. The third kappa shape index (κ3) is 4.33. The van der Waals surface area contributed by atoms with E-state index < -0.39 is 10.0 Å². The molecular weight excluding hydrogens is 348 g/mol. The number of hydrogen-bond acceptors (Lipinski definition) is 4. The lowest BCUT2D eigenvalue weighted by molar-refractivity contribution is 0.599. The molecule has 0 fully saturated rings. The third-order valence-corrected chi connectivity index (χ3v) is 4.85. The number of hydrogen-bond donors (Lipinski definition) is 1. The van der Waals surface area contributed by atoms with Crippen molar-refractivity contribution in [3.63, 3.8) is 0 Å². The zero-order valence-electron chi connectivity index (χ0n) is 12.6. The van der Waals surface area contributed by atoms with Crippen LogP contribution in [-0.4, -0.2) is 23.2 Å². The molecule has 8 heteroatoms. The van der Waals surface area contributed by atoms with E-state index in [1.54, 1.807) is 30.3 Å². The Morgan fingerprint density at radius 3 is 2.50 bits per heavy atom. The largest absolute Gasteiger partial charge is 0.255 e. The van der Waals surface area contributed by atoms with Crippen LogP contribution < -0.4 is 4.72 Å². The van der Waals surface area contributed by atoms with Crippen LogP contribution in [0.3, 0.4) is 0 Å². The molecule has 0 atom stereocenters. The minimum atomic E-state index is -3.57. The van der Waals surface area contributed by atoms with Crippen molar-refractivity contribution in [3.05, 3.63) is 77.1 Å². The molecule has 124 valence electrons. The summed E-state index contributed by atoms with van der Waals surface area (Å²) in [7, 11) is -3.57. The second-order valence-electron chi connectivity index (χ2n) is 5.20. The minimum Gasteiger partial charge on any atom is -0.250 e. The van der Waals surface area contributed by atoms with Crippen LogP contribution in [0.1, 0.15) is 11.1 Å². The van der Waals surface area contributed by atoms with Crippen LogP contribution in [0.15, 0.2) is 60.9 Å². The quantitative estimate of drug-likeness (QED) is 0.731. The molecule has 0 spiro atoms. The van der Waals surface area contributed by atoms with Gasteiger partial charge in [0.05, 0.1) is 12.3 Å². The minimum absolute atomic E-state index is 0.0398. The fourth-order valence-electron chi connectivity index (χ4n) is 2.19. The second kappa shape index (κ2) is 7.02. The van der Waals surface area contributed by atoms with Gasteiger partial charge < -0.3 is 0 Å². The smallest absolute Gasteiger partial charge is 0.250 e. The molecule has 0 radical (unpaired) electrons. The molecule has 24 heavy (non-hydrogen) atoms. The molecule has 2 aromatic carbocycles. The monoisotopic (exact) mass is 362 g/mol. The van der Waals surface area contributed by atoms with Gasteiger partial charge in [-0.25, -0.2) is 17.8 Å². The maximum absolute atomic E-state index is 12.2. The highest BCUT2D eigenvalue weighted by molar-refractivity contribution is 7.91. The van der Waals surface area contributed by atoms with Crippen molar-refractivity contribution in [2.45, 2.75) is 12.3 Å². The molecule has 0 unspecified atom stereocenters. The summed E-state index contributed by atoms with van der Waals surface area (Å²) >= 11 is 6.10. The van der Waals surface area contributed by atoms with E-state index in [4.69, 9.17) is 11.6 Å². The summed E-state index contributed by atoms with van der Waals surface area (Å²) in [6, 6.07) is 16.3. The molecule has 0 aliphatic carbocycles. The molecule has 1 N–H and O–H groups in total. The lowest BCUT2D eigenvalue weighted by Crippen LogP contribution is -2.16. The number of rotatable bonds is 6. The molecule has 0 saturated carbocycles.